The first-order chi connectivity index (χ1) is 6.63. The Morgan fingerprint density at radius 1 is 1.64 bits per heavy atom. The van der Waals surface area contributed by atoms with Crippen molar-refractivity contribution in [2.75, 3.05) is 0 Å². The van der Waals surface area contributed by atoms with Gasteiger partial charge in [0.25, 0.3) is 0 Å². The normalized spacial score (nSPS) is 26.3. The van der Waals surface area contributed by atoms with E-state index in [0.29, 0.717) is 6.42 Å². The van der Waals surface area contributed by atoms with E-state index in [1.165, 1.54) is 12.2 Å². The Bertz CT molecular complexity index is 257. The van der Waals surface area contributed by atoms with E-state index in [4.69, 9.17) is 9.47 Å². The van der Waals surface area contributed by atoms with Crippen molar-refractivity contribution in [2.24, 2.45) is 0 Å². The van der Waals surface area contributed by atoms with Gasteiger partial charge in [0.2, 0.25) is 6.29 Å². The molecule has 0 bridgehead atoms. The minimum Gasteiger partial charge on any atom is -0.432 e. The fourth-order valence-corrected chi connectivity index (χ4v) is 1.08. The van der Waals surface area contributed by atoms with Crippen LogP contribution in [-0.4, -0.2) is 24.1 Å². The molecule has 4 nitrogen and oxygen atoms in total. The molecule has 0 saturated carbocycles. The van der Waals surface area contributed by atoms with E-state index in [0.717, 1.165) is 6.42 Å². The van der Waals surface area contributed by atoms with Crippen molar-refractivity contribution in [1.82, 2.24) is 0 Å². The lowest BCUT2D eigenvalue weighted by Crippen LogP contribution is -2.32. The van der Waals surface area contributed by atoms with Crippen LogP contribution in [0, 0.1) is 0 Å². The minimum absolute atomic E-state index is 0.104. The van der Waals surface area contributed by atoms with Gasteiger partial charge < -0.3 is 9.47 Å². The highest BCUT2D eigenvalue weighted by molar-refractivity contribution is 5.93. The molecule has 2 atom stereocenters. The average molecular weight is 198 g/mol. The summed E-state index contributed by atoms with van der Waals surface area (Å²) >= 11 is 0. The van der Waals surface area contributed by atoms with E-state index < -0.39 is 12.4 Å². The third kappa shape index (κ3) is 2.96. The van der Waals surface area contributed by atoms with Crippen molar-refractivity contribution in [3.05, 3.63) is 12.2 Å². The van der Waals surface area contributed by atoms with Crippen molar-refractivity contribution in [3.63, 3.8) is 0 Å². The Morgan fingerprint density at radius 2 is 2.36 bits per heavy atom. The Balaban J connectivity index is 2.44. The van der Waals surface area contributed by atoms with E-state index in [9.17, 15) is 9.59 Å². The zero-order chi connectivity index (χ0) is 10.6. The van der Waals surface area contributed by atoms with Crippen molar-refractivity contribution in [2.45, 2.75) is 39.1 Å². The fourth-order valence-electron chi connectivity index (χ4n) is 1.08. The maximum Gasteiger partial charge on any atom is 0.308 e. The molecule has 0 aliphatic carbocycles. The molecule has 1 heterocycles. The SMILES string of the molecule is CCCC(=O)OC1C=CC(=O)C(C)O1. The van der Waals surface area contributed by atoms with Crippen LogP contribution >= 0.6 is 0 Å². The summed E-state index contributed by atoms with van der Waals surface area (Å²) in [5.74, 6) is -0.406. The first-order valence-corrected chi connectivity index (χ1v) is 4.70. The van der Waals surface area contributed by atoms with E-state index in [1.807, 2.05) is 6.92 Å². The molecule has 1 aliphatic heterocycles. The third-order valence-corrected chi connectivity index (χ3v) is 1.86. The van der Waals surface area contributed by atoms with E-state index >= 15 is 0 Å². The predicted molar refractivity (Wildman–Crippen MR) is 49.5 cm³/mol. The maximum atomic E-state index is 11.1. The van der Waals surface area contributed by atoms with Gasteiger partial charge in [0.1, 0.15) is 6.10 Å². The summed E-state index contributed by atoms with van der Waals surface area (Å²) in [7, 11) is 0. The second kappa shape index (κ2) is 4.91. The summed E-state index contributed by atoms with van der Waals surface area (Å²) < 4.78 is 10.1. The zero-order valence-electron chi connectivity index (χ0n) is 8.36. The van der Waals surface area contributed by atoms with Crippen molar-refractivity contribution in [3.8, 4) is 0 Å². The molecule has 0 amide bonds. The number of hydrogen-bond acceptors (Lipinski definition) is 4. The summed E-state index contributed by atoms with van der Waals surface area (Å²) in [4.78, 5) is 22.1. The van der Waals surface area contributed by atoms with Crippen LogP contribution in [0.15, 0.2) is 12.2 Å². The summed E-state index contributed by atoms with van der Waals surface area (Å²) in [5, 5.41) is 0. The highest BCUT2D eigenvalue weighted by Gasteiger charge is 2.23. The number of rotatable bonds is 3. The fraction of sp³-hybridized carbons (Fsp3) is 0.600. The molecule has 0 aromatic rings. The molecule has 1 aliphatic rings. The van der Waals surface area contributed by atoms with Gasteiger partial charge in [0.05, 0.1) is 0 Å². The zero-order valence-corrected chi connectivity index (χ0v) is 8.36. The summed E-state index contributed by atoms with van der Waals surface area (Å²) in [6.07, 6.45) is 2.72. The van der Waals surface area contributed by atoms with Crippen LogP contribution in [-0.2, 0) is 19.1 Å². The molecular weight excluding hydrogens is 184 g/mol. The molecule has 0 aromatic heterocycles. The van der Waals surface area contributed by atoms with Gasteiger partial charge in [-0.3, -0.25) is 9.59 Å². The van der Waals surface area contributed by atoms with Gasteiger partial charge >= 0.3 is 5.97 Å². The van der Waals surface area contributed by atoms with Crippen LogP contribution in [0.3, 0.4) is 0 Å². The smallest absolute Gasteiger partial charge is 0.308 e. The van der Waals surface area contributed by atoms with Crippen molar-refractivity contribution >= 4 is 11.8 Å². The first-order valence-electron chi connectivity index (χ1n) is 4.70. The Hall–Kier alpha value is -1.16. The highest BCUT2D eigenvalue weighted by atomic mass is 16.7. The Morgan fingerprint density at radius 3 is 2.93 bits per heavy atom. The molecule has 0 N–H and O–H groups in total. The van der Waals surface area contributed by atoms with Gasteiger partial charge in [-0.1, -0.05) is 6.92 Å². The third-order valence-electron chi connectivity index (χ3n) is 1.86. The van der Waals surface area contributed by atoms with Gasteiger partial charge in [-0.05, 0) is 25.5 Å². The van der Waals surface area contributed by atoms with Crippen molar-refractivity contribution < 1.29 is 19.1 Å². The number of ether oxygens (including phenoxy) is 2. The Kier molecular flexibility index (Phi) is 3.83. The molecule has 0 spiro atoms. The minimum atomic E-state index is -0.707. The van der Waals surface area contributed by atoms with Gasteiger partial charge in [0, 0.05) is 6.42 Å². The molecule has 1 rings (SSSR count). The molecular formula is C10H14O4. The van der Waals surface area contributed by atoms with Gasteiger partial charge in [-0.25, -0.2) is 0 Å². The lowest BCUT2D eigenvalue weighted by Gasteiger charge is -2.21. The quantitative estimate of drug-likeness (QED) is 0.639. The number of carbonyl (C=O) groups is 2. The summed E-state index contributed by atoms with van der Waals surface area (Å²) in [6, 6.07) is 0. The lowest BCUT2D eigenvalue weighted by molar-refractivity contribution is -0.180. The second-order valence-electron chi connectivity index (χ2n) is 3.15. The van der Waals surface area contributed by atoms with Gasteiger partial charge in [-0.2, -0.15) is 0 Å². The van der Waals surface area contributed by atoms with E-state index in [2.05, 4.69) is 0 Å². The number of carbonyl (C=O) groups excluding carboxylic acids is 2. The van der Waals surface area contributed by atoms with E-state index in [1.54, 1.807) is 6.92 Å². The van der Waals surface area contributed by atoms with Gasteiger partial charge in [-0.15, -0.1) is 0 Å². The van der Waals surface area contributed by atoms with Crippen LogP contribution in [0.1, 0.15) is 26.7 Å². The molecule has 14 heavy (non-hydrogen) atoms. The predicted octanol–water partition coefficient (Wildman–Crippen LogP) is 1.20. The van der Waals surface area contributed by atoms with Gasteiger partial charge in [0.15, 0.2) is 5.78 Å². The van der Waals surface area contributed by atoms with Crippen LogP contribution in [0.5, 0.6) is 0 Å². The van der Waals surface area contributed by atoms with Crippen LogP contribution in [0.2, 0.25) is 0 Å². The molecule has 0 fully saturated rings. The number of esters is 1. The largest absolute Gasteiger partial charge is 0.432 e. The Labute approximate surface area is 82.9 Å². The summed E-state index contributed by atoms with van der Waals surface area (Å²) in [5.41, 5.74) is 0. The lowest BCUT2D eigenvalue weighted by atomic mass is 10.2. The molecule has 0 aromatic carbocycles. The van der Waals surface area contributed by atoms with E-state index in [-0.39, 0.29) is 11.8 Å². The number of ketones is 1. The summed E-state index contributed by atoms with van der Waals surface area (Å²) in [6.45, 7) is 3.53. The molecule has 4 heteroatoms. The van der Waals surface area contributed by atoms with Crippen LogP contribution < -0.4 is 0 Å². The molecule has 0 saturated heterocycles. The number of hydrogen-bond donors (Lipinski definition) is 0. The second-order valence-corrected chi connectivity index (χ2v) is 3.15. The van der Waals surface area contributed by atoms with Crippen LogP contribution in [0.25, 0.3) is 0 Å². The average Bonchev–Trinajstić information content (AvgIpc) is 2.12. The first kappa shape index (κ1) is 10.9. The van der Waals surface area contributed by atoms with Crippen LogP contribution in [0.4, 0.5) is 0 Å². The molecule has 2 unspecified atom stereocenters. The molecule has 78 valence electrons. The standard InChI is InChI=1S/C10H14O4/c1-3-4-9(12)14-10-6-5-8(11)7(2)13-10/h5-7,10H,3-4H2,1-2H3. The van der Waals surface area contributed by atoms with Crippen molar-refractivity contribution in [1.29, 1.82) is 0 Å². The maximum absolute atomic E-state index is 11.1. The monoisotopic (exact) mass is 198 g/mol. The molecule has 0 radical (unpaired) electrons. The highest BCUT2D eigenvalue weighted by Crippen LogP contribution is 2.11. The topological polar surface area (TPSA) is 52.6 Å².